The smallest absolute Gasteiger partial charge is 0.325 e. The molecule has 1 atom stereocenters. The zero-order valence-electron chi connectivity index (χ0n) is 14.4. The van der Waals surface area contributed by atoms with Gasteiger partial charge in [0.25, 0.3) is 0 Å². The normalized spacial score (nSPS) is 15.0. The summed E-state index contributed by atoms with van der Waals surface area (Å²) < 4.78 is 38.0. The molecule has 9 nitrogen and oxygen atoms in total. The van der Waals surface area contributed by atoms with Crippen LogP contribution in [0.2, 0.25) is 0 Å². The Hall–Kier alpha value is -2.33. The van der Waals surface area contributed by atoms with E-state index in [1.807, 2.05) is 0 Å². The first kappa shape index (κ1) is 20.0. The average Bonchev–Trinajstić information content (AvgIpc) is 2.83. The van der Waals surface area contributed by atoms with Gasteiger partial charge in [0.2, 0.25) is 15.9 Å². The van der Waals surface area contributed by atoms with Gasteiger partial charge in [0.05, 0.1) is 18.1 Å². The van der Waals surface area contributed by atoms with Gasteiger partial charge in [-0.1, -0.05) is 0 Å². The molecule has 0 aromatic heterocycles. The van der Waals surface area contributed by atoms with Crippen molar-refractivity contribution < 1.29 is 32.6 Å². The highest BCUT2D eigenvalue weighted by molar-refractivity contribution is 7.89. The summed E-state index contributed by atoms with van der Waals surface area (Å²) in [5.74, 6) is -0.693. The van der Waals surface area contributed by atoms with Crippen molar-refractivity contribution in [2.45, 2.75) is 37.1 Å². The number of amides is 1. The van der Waals surface area contributed by atoms with Gasteiger partial charge in [-0.15, -0.1) is 0 Å². The van der Waals surface area contributed by atoms with Crippen molar-refractivity contribution in [2.75, 3.05) is 19.8 Å². The standard InChI is InChI=1S/C16H22N2O7S/c1-11(16(20)21)18-15(19)4-2-7-17-26(22,23)12-5-6-13-14(10-12)25-9-3-8-24-13/h5-6,10-11,17H,2-4,7-9H2,1H3,(H,18,19)(H,20,21)/t11-/m0/s1. The van der Waals surface area contributed by atoms with E-state index in [4.69, 9.17) is 14.6 Å². The Labute approximate surface area is 151 Å². The second kappa shape index (κ2) is 8.86. The molecule has 0 aliphatic carbocycles. The summed E-state index contributed by atoms with van der Waals surface area (Å²) in [5, 5.41) is 11.0. The van der Waals surface area contributed by atoms with Gasteiger partial charge in [0.1, 0.15) is 6.04 Å². The van der Waals surface area contributed by atoms with E-state index in [-0.39, 0.29) is 24.3 Å². The topological polar surface area (TPSA) is 131 Å². The maximum absolute atomic E-state index is 12.3. The lowest BCUT2D eigenvalue weighted by Gasteiger charge is -2.11. The summed E-state index contributed by atoms with van der Waals surface area (Å²) in [6.07, 6.45) is 0.973. The van der Waals surface area contributed by atoms with E-state index in [2.05, 4.69) is 10.0 Å². The summed E-state index contributed by atoms with van der Waals surface area (Å²) >= 11 is 0. The molecular weight excluding hydrogens is 364 g/mol. The minimum absolute atomic E-state index is 0.0152. The number of ether oxygens (including phenoxy) is 2. The van der Waals surface area contributed by atoms with Crippen LogP contribution in [0.3, 0.4) is 0 Å². The van der Waals surface area contributed by atoms with Gasteiger partial charge in [0, 0.05) is 25.5 Å². The lowest BCUT2D eigenvalue weighted by Crippen LogP contribution is -2.38. The number of fused-ring (bicyclic) bond motifs is 1. The van der Waals surface area contributed by atoms with Gasteiger partial charge in [-0.25, -0.2) is 13.1 Å². The molecule has 0 fully saturated rings. The van der Waals surface area contributed by atoms with Crippen LogP contribution in [-0.2, 0) is 19.6 Å². The van der Waals surface area contributed by atoms with E-state index in [0.717, 1.165) is 6.42 Å². The largest absolute Gasteiger partial charge is 0.490 e. The highest BCUT2D eigenvalue weighted by atomic mass is 32.2. The molecule has 0 saturated carbocycles. The monoisotopic (exact) mass is 386 g/mol. The van der Waals surface area contributed by atoms with Crippen LogP contribution in [0.1, 0.15) is 26.2 Å². The Bertz CT molecular complexity index is 764. The number of nitrogens with one attached hydrogen (secondary N) is 2. The van der Waals surface area contributed by atoms with E-state index in [1.165, 1.54) is 19.1 Å². The number of carboxylic acid groups (broad SMARTS) is 1. The summed E-state index contributed by atoms with van der Waals surface area (Å²) in [6.45, 7) is 2.37. The maximum atomic E-state index is 12.3. The van der Waals surface area contributed by atoms with Crippen molar-refractivity contribution >= 4 is 21.9 Å². The third-order valence-corrected chi connectivity index (χ3v) is 5.11. The first-order valence-electron chi connectivity index (χ1n) is 8.21. The van der Waals surface area contributed by atoms with E-state index in [0.29, 0.717) is 24.7 Å². The van der Waals surface area contributed by atoms with Crippen LogP contribution in [-0.4, -0.2) is 51.2 Å². The maximum Gasteiger partial charge on any atom is 0.325 e. The number of rotatable bonds is 8. The molecule has 0 bridgehead atoms. The highest BCUT2D eigenvalue weighted by Crippen LogP contribution is 2.31. The molecule has 1 aromatic carbocycles. The van der Waals surface area contributed by atoms with E-state index in [9.17, 15) is 18.0 Å². The molecule has 1 aliphatic rings. The lowest BCUT2D eigenvalue weighted by atomic mass is 10.2. The van der Waals surface area contributed by atoms with E-state index < -0.39 is 27.9 Å². The fourth-order valence-electron chi connectivity index (χ4n) is 2.22. The number of carbonyl (C=O) groups excluding carboxylic acids is 1. The average molecular weight is 386 g/mol. The molecule has 1 aromatic rings. The molecule has 0 unspecified atom stereocenters. The summed E-state index contributed by atoms with van der Waals surface area (Å²) in [5.41, 5.74) is 0. The third kappa shape index (κ3) is 5.60. The molecule has 10 heteroatoms. The van der Waals surface area contributed by atoms with Gasteiger partial charge < -0.3 is 19.9 Å². The number of hydrogen-bond acceptors (Lipinski definition) is 6. The molecule has 0 radical (unpaired) electrons. The van der Waals surface area contributed by atoms with Gasteiger partial charge in [0.15, 0.2) is 11.5 Å². The van der Waals surface area contributed by atoms with Crippen molar-refractivity contribution in [1.29, 1.82) is 0 Å². The molecule has 0 saturated heterocycles. The molecule has 1 heterocycles. The van der Waals surface area contributed by atoms with Gasteiger partial charge in [-0.05, 0) is 25.5 Å². The molecule has 0 spiro atoms. The Morgan fingerprint density at radius 3 is 2.62 bits per heavy atom. The highest BCUT2D eigenvalue weighted by Gasteiger charge is 2.19. The second-order valence-electron chi connectivity index (χ2n) is 5.79. The summed E-state index contributed by atoms with van der Waals surface area (Å²) in [7, 11) is -3.75. The zero-order valence-corrected chi connectivity index (χ0v) is 15.2. The van der Waals surface area contributed by atoms with Crippen LogP contribution in [0.15, 0.2) is 23.1 Å². The van der Waals surface area contributed by atoms with Crippen molar-refractivity contribution in [2.24, 2.45) is 0 Å². The Morgan fingerprint density at radius 2 is 1.92 bits per heavy atom. The van der Waals surface area contributed by atoms with E-state index in [1.54, 1.807) is 6.07 Å². The van der Waals surface area contributed by atoms with Crippen LogP contribution in [0.4, 0.5) is 0 Å². The van der Waals surface area contributed by atoms with Crippen LogP contribution in [0.5, 0.6) is 11.5 Å². The van der Waals surface area contributed by atoms with Crippen molar-refractivity contribution in [3.8, 4) is 11.5 Å². The van der Waals surface area contributed by atoms with Crippen LogP contribution >= 0.6 is 0 Å². The molecule has 26 heavy (non-hydrogen) atoms. The van der Waals surface area contributed by atoms with Gasteiger partial charge >= 0.3 is 5.97 Å². The van der Waals surface area contributed by atoms with Crippen LogP contribution < -0.4 is 19.5 Å². The predicted molar refractivity (Wildman–Crippen MR) is 91.7 cm³/mol. The minimum Gasteiger partial charge on any atom is -0.490 e. The molecule has 1 amide bonds. The zero-order chi connectivity index (χ0) is 19.2. The minimum atomic E-state index is -3.75. The quantitative estimate of drug-likeness (QED) is 0.554. The lowest BCUT2D eigenvalue weighted by molar-refractivity contribution is -0.141. The fraction of sp³-hybridized carbons (Fsp3) is 0.500. The summed E-state index contributed by atoms with van der Waals surface area (Å²) in [4.78, 5) is 22.3. The number of carbonyl (C=O) groups is 2. The predicted octanol–water partition coefficient (Wildman–Crippen LogP) is 0.496. The number of aliphatic carboxylic acids is 1. The number of sulfonamides is 1. The number of benzene rings is 1. The number of carboxylic acids is 1. The third-order valence-electron chi connectivity index (χ3n) is 3.65. The molecule has 1 aliphatic heterocycles. The SMILES string of the molecule is C[C@H](NC(=O)CCCNS(=O)(=O)c1ccc2c(c1)OCCCO2)C(=O)O. The Balaban J connectivity index is 1.86. The van der Waals surface area contributed by atoms with Crippen LogP contribution in [0, 0.1) is 0 Å². The Kier molecular flexibility index (Phi) is 6.81. The Morgan fingerprint density at radius 1 is 1.23 bits per heavy atom. The molecular formula is C16H22N2O7S. The number of hydrogen-bond donors (Lipinski definition) is 3. The molecule has 144 valence electrons. The van der Waals surface area contributed by atoms with Crippen LogP contribution in [0.25, 0.3) is 0 Å². The summed E-state index contributed by atoms with van der Waals surface area (Å²) in [6, 6.07) is 3.40. The first-order valence-corrected chi connectivity index (χ1v) is 9.69. The van der Waals surface area contributed by atoms with Gasteiger partial charge in [-0.2, -0.15) is 0 Å². The van der Waals surface area contributed by atoms with Crippen molar-refractivity contribution in [3.05, 3.63) is 18.2 Å². The second-order valence-corrected chi connectivity index (χ2v) is 7.55. The van der Waals surface area contributed by atoms with Gasteiger partial charge in [-0.3, -0.25) is 9.59 Å². The first-order chi connectivity index (χ1) is 12.3. The van der Waals surface area contributed by atoms with Crippen molar-refractivity contribution in [1.82, 2.24) is 10.0 Å². The van der Waals surface area contributed by atoms with E-state index >= 15 is 0 Å². The fourth-order valence-corrected chi connectivity index (χ4v) is 3.31. The molecule has 3 N–H and O–H groups in total. The van der Waals surface area contributed by atoms with Crippen molar-refractivity contribution in [3.63, 3.8) is 0 Å². The molecule has 2 rings (SSSR count).